The monoisotopic (exact) mass is 383 g/mol. The SMILES string of the molecule is CCc1nc(CN2CCN(C(=O)c3cc(Cl)cc(Cl)c3)CC2)cs1. The molecular weight excluding hydrogens is 365 g/mol. The zero-order valence-electron chi connectivity index (χ0n) is 13.5. The molecule has 1 aliphatic rings. The third-order valence-corrected chi connectivity index (χ3v) is 5.53. The fourth-order valence-electron chi connectivity index (χ4n) is 2.78. The summed E-state index contributed by atoms with van der Waals surface area (Å²) in [6, 6.07) is 4.98. The van der Waals surface area contributed by atoms with E-state index in [0.717, 1.165) is 31.7 Å². The van der Waals surface area contributed by atoms with Crippen molar-refractivity contribution in [3.63, 3.8) is 0 Å². The Kier molecular flexibility index (Phi) is 5.76. The van der Waals surface area contributed by atoms with Crippen molar-refractivity contribution in [2.75, 3.05) is 26.2 Å². The van der Waals surface area contributed by atoms with Crippen LogP contribution in [-0.4, -0.2) is 46.9 Å². The topological polar surface area (TPSA) is 36.4 Å². The number of piperazine rings is 1. The highest BCUT2D eigenvalue weighted by Gasteiger charge is 2.23. The van der Waals surface area contributed by atoms with Crippen molar-refractivity contribution in [1.29, 1.82) is 0 Å². The molecule has 1 saturated heterocycles. The van der Waals surface area contributed by atoms with Crippen LogP contribution in [0, 0.1) is 0 Å². The summed E-state index contributed by atoms with van der Waals surface area (Å²) >= 11 is 13.7. The molecule has 0 aliphatic carbocycles. The van der Waals surface area contributed by atoms with E-state index >= 15 is 0 Å². The average molecular weight is 384 g/mol. The fraction of sp³-hybridized carbons (Fsp3) is 0.412. The van der Waals surface area contributed by atoms with Crippen molar-refractivity contribution >= 4 is 40.4 Å². The van der Waals surface area contributed by atoms with Gasteiger partial charge in [-0.1, -0.05) is 30.1 Å². The zero-order chi connectivity index (χ0) is 17.1. The van der Waals surface area contributed by atoms with Gasteiger partial charge < -0.3 is 4.90 Å². The molecule has 0 atom stereocenters. The van der Waals surface area contributed by atoms with Gasteiger partial charge in [-0.15, -0.1) is 11.3 Å². The molecule has 0 N–H and O–H groups in total. The van der Waals surface area contributed by atoms with E-state index in [2.05, 4.69) is 22.2 Å². The van der Waals surface area contributed by atoms with Crippen molar-refractivity contribution < 1.29 is 4.79 Å². The third kappa shape index (κ3) is 4.28. The molecular formula is C17H19Cl2N3OS. The van der Waals surface area contributed by atoms with Gasteiger partial charge in [-0.05, 0) is 24.6 Å². The number of aromatic nitrogens is 1. The van der Waals surface area contributed by atoms with Crippen molar-refractivity contribution in [2.24, 2.45) is 0 Å². The van der Waals surface area contributed by atoms with Crippen LogP contribution in [0.5, 0.6) is 0 Å². The molecule has 0 unspecified atom stereocenters. The minimum atomic E-state index is -0.0130. The Labute approximate surface area is 156 Å². The van der Waals surface area contributed by atoms with E-state index in [9.17, 15) is 4.79 Å². The third-order valence-electron chi connectivity index (χ3n) is 4.06. The van der Waals surface area contributed by atoms with Gasteiger partial charge in [-0.2, -0.15) is 0 Å². The fourth-order valence-corrected chi connectivity index (χ4v) is 4.04. The smallest absolute Gasteiger partial charge is 0.254 e. The zero-order valence-corrected chi connectivity index (χ0v) is 15.8. The Balaban J connectivity index is 1.57. The summed E-state index contributed by atoms with van der Waals surface area (Å²) in [6.45, 7) is 6.07. The van der Waals surface area contributed by atoms with Crippen molar-refractivity contribution in [3.05, 3.63) is 49.9 Å². The minimum Gasteiger partial charge on any atom is -0.336 e. The Morgan fingerprint density at radius 1 is 1.17 bits per heavy atom. The Morgan fingerprint density at radius 2 is 1.83 bits per heavy atom. The van der Waals surface area contributed by atoms with Crippen molar-refractivity contribution in [3.8, 4) is 0 Å². The Bertz CT molecular complexity index is 706. The number of halogens is 2. The number of benzene rings is 1. The van der Waals surface area contributed by atoms with Gasteiger partial charge in [0.15, 0.2) is 0 Å². The molecule has 3 rings (SSSR count). The number of thiazole rings is 1. The molecule has 0 bridgehead atoms. The second kappa shape index (κ2) is 7.83. The summed E-state index contributed by atoms with van der Waals surface area (Å²) in [5.74, 6) is -0.0130. The van der Waals surface area contributed by atoms with Crippen molar-refractivity contribution in [2.45, 2.75) is 19.9 Å². The van der Waals surface area contributed by atoms with Crippen LogP contribution in [0.4, 0.5) is 0 Å². The van der Waals surface area contributed by atoms with Gasteiger partial charge in [0.2, 0.25) is 0 Å². The van der Waals surface area contributed by atoms with Gasteiger partial charge in [0.05, 0.1) is 10.7 Å². The summed E-state index contributed by atoms with van der Waals surface area (Å²) in [5, 5.41) is 4.28. The molecule has 0 spiro atoms. The number of carbonyl (C=O) groups excluding carboxylic acids is 1. The number of rotatable bonds is 4. The number of nitrogens with zero attached hydrogens (tertiary/aromatic N) is 3. The number of aryl methyl sites for hydroxylation is 1. The van der Waals surface area contributed by atoms with Gasteiger partial charge in [0, 0.05) is 53.7 Å². The number of amides is 1. The van der Waals surface area contributed by atoms with Gasteiger partial charge in [-0.3, -0.25) is 9.69 Å². The predicted molar refractivity (Wildman–Crippen MR) is 99.1 cm³/mol. The van der Waals surface area contributed by atoms with E-state index in [1.54, 1.807) is 29.5 Å². The Hall–Kier alpha value is -1.14. The van der Waals surface area contributed by atoms with E-state index in [0.29, 0.717) is 28.7 Å². The Morgan fingerprint density at radius 3 is 2.42 bits per heavy atom. The van der Waals surface area contributed by atoms with Crippen LogP contribution in [0.2, 0.25) is 10.0 Å². The molecule has 0 saturated carbocycles. The lowest BCUT2D eigenvalue weighted by atomic mass is 10.2. The summed E-state index contributed by atoms with van der Waals surface area (Å²) in [4.78, 5) is 21.4. The minimum absolute atomic E-state index is 0.0130. The molecule has 0 radical (unpaired) electrons. The number of carbonyl (C=O) groups is 1. The number of hydrogen-bond donors (Lipinski definition) is 0. The van der Waals surface area contributed by atoms with Crippen LogP contribution in [0.3, 0.4) is 0 Å². The highest BCUT2D eigenvalue weighted by atomic mass is 35.5. The van der Waals surface area contributed by atoms with Gasteiger partial charge in [0.25, 0.3) is 5.91 Å². The van der Waals surface area contributed by atoms with Crippen LogP contribution in [0.1, 0.15) is 28.0 Å². The second-order valence-corrected chi connectivity index (χ2v) is 7.63. The lowest BCUT2D eigenvalue weighted by molar-refractivity contribution is 0.0627. The highest BCUT2D eigenvalue weighted by Crippen LogP contribution is 2.21. The van der Waals surface area contributed by atoms with Gasteiger partial charge >= 0.3 is 0 Å². The van der Waals surface area contributed by atoms with Crippen LogP contribution in [-0.2, 0) is 13.0 Å². The van der Waals surface area contributed by atoms with Gasteiger partial charge in [-0.25, -0.2) is 4.98 Å². The molecule has 7 heteroatoms. The maximum absolute atomic E-state index is 12.6. The maximum atomic E-state index is 12.6. The number of hydrogen-bond acceptors (Lipinski definition) is 4. The highest BCUT2D eigenvalue weighted by molar-refractivity contribution is 7.09. The summed E-state index contributed by atoms with van der Waals surface area (Å²) in [6.07, 6.45) is 0.981. The van der Waals surface area contributed by atoms with E-state index in [1.165, 1.54) is 5.01 Å². The lowest BCUT2D eigenvalue weighted by Crippen LogP contribution is -2.48. The molecule has 1 aromatic carbocycles. The molecule has 1 aliphatic heterocycles. The van der Waals surface area contributed by atoms with Gasteiger partial charge in [0.1, 0.15) is 0 Å². The molecule has 1 fully saturated rings. The first-order valence-electron chi connectivity index (χ1n) is 7.96. The lowest BCUT2D eigenvalue weighted by Gasteiger charge is -2.34. The summed E-state index contributed by atoms with van der Waals surface area (Å²) in [7, 11) is 0. The molecule has 128 valence electrons. The molecule has 1 amide bonds. The van der Waals surface area contributed by atoms with E-state index in [1.807, 2.05) is 4.90 Å². The maximum Gasteiger partial charge on any atom is 0.254 e. The first-order valence-corrected chi connectivity index (χ1v) is 9.59. The van der Waals surface area contributed by atoms with E-state index < -0.39 is 0 Å². The summed E-state index contributed by atoms with van der Waals surface area (Å²) < 4.78 is 0. The van der Waals surface area contributed by atoms with E-state index in [4.69, 9.17) is 23.2 Å². The molecule has 2 aromatic rings. The molecule has 2 heterocycles. The van der Waals surface area contributed by atoms with Crippen LogP contribution >= 0.6 is 34.5 Å². The first-order chi connectivity index (χ1) is 11.5. The van der Waals surface area contributed by atoms with Crippen LogP contribution < -0.4 is 0 Å². The largest absolute Gasteiger partial charge is 0.336 e. The standard InChI is InChI=1S/C17H19Cl2N3OS/c1-2-16-20-15(11-24-16)10-21-3-5-22(6-4-21)17(23)12-7-13(18)9-14(19)8-12/h7-9,11H,2-6,10H2,1H3. The van der Waals surface area contributed by atoms with E-state index in [-0.39, 0.29) is 5.91 Å². The second-order valence-electron chi connectivity index (χ2n) is 5.81. The normalized spacial score (nSPS) is 15.7. The van der Waals surface area contributed by atoms with Crippen molar-refractivity contribution in [1.82, 2.24) is 14.8 Å². The molecule has 4 nitrogen and oxygen atoms in total. The van der Waals surface area contributed by atoms with Crippen LogP contribution in [0.25, 0.3) is 0 Å². The molecule has 24 heavy (non-hydrogen) atoms. The summed E-state index contributed by atoms with van der Waals surface area (Å²) in [5.41, 5.74) is 1.67. The average Bonchev–Trinajstić information content (AvgIpc) is 3.01. The first kappa shape index (κ1) is 17.7. The van der Waals surface area contributed by atoms with Crippen LogP contribution in [0.15, 0.2) is 23.6 Å². The quantitative estimate of drug-likeness (QED) is 0.801. The predicted octanol–water partition coefficient (Wildman–Crippen LogP) is 3.97. The molecule has 1 aromatic heterocycles.